The number of carbonyl (C=O) groups excluding carboxylic acids is 2. The Labute approximate surface area is 152 Å². The van der Waals surface area contributed by atoms with Gasteiger partial charge in [0.25, 0.3) is 0 Å². The number of nitrogens with one attached hydrogen (secondary N) is 1. The summed E-state index contributed by atoms with van der Waals surface area (Å²) in [5, 5.41) is 11.8. The van der Waals surface area contributed by atoms with Gasteiger partial charge in [-0.2, -0.15) is 12.6 Å². The van der Waals surface area contributed by atoms with Crippen LogP contribution in [0.2, 0.25) is 0 Å². The number of carboxylic acids is 1. The summed E-state index contributed by atoms with van der Waals surface area (Å²) < 4.78 is -0.553. The molecule has 2 amide bonds. The Bertz CT molecular complexity index is 538. The van der Waals surface area contributed by atoms with Crippen molar-refractivity contribution in [1.29, 1.82) is 0 Å². The van der Waals surface area contributed by atoms with E-state index in [1.807, 2.05) is 27.7 Å². The molecular formula is C16H26N2O4S2. The van der Waals surface area contributed by atoms with Crippen molar-refractivity contribution < 1.29 is 19.5 Å². The molecule has 24 heavy (non-hydrogen) atoms. The second-order valence-corrected chi connectivity index (χ2v) is 9.73. The number of carbonyl (C=O) groups is 3. The van der Waals surface area contributed by atoms with E-state index in [0.717, 1.165) is 12.8 Å². The Kier molecular flexibility index (Phi) is 5.79. The molecule has 0 aromatic heterocycles. The molecule has 0 radical (unpaired) electrons. The van der Waals surface area contributed by atoms with Crippen molar-refractivity contribution in [1.82, 2.24) is 10.2 Å². The molecule has 4 atom stereocenters. The first-order chi connectivity index (χ1) is 11.1. The van der Waals surface area contributed by atoms with Crippen LogP contribution in [-0.2, 0) is 14.4 Å². The Hall–Kier alpha value is -0.890. The standard InChI is InChI=1S/C16H26N2O4S2/c1-8(2)11(23)13(19)17-9-6-5-7-10-18(14(9)20)12(15(21)22)16(3,4)24-10/h8-12,23H,5-7H2,1-4H3,(H,17,19)(H,21,22)/t9-,10+,11-,12+/m0/s1. The minimum absolute atomic E-state index is 0.0509. The zero-order valence-corrected chi connectivity index (χ0v) is 16.2. The summed E-state index contributed by atoms with van der Waals surface area (Å²) in [5.74, 6) is -1.51. The van der Waals surface area contributed by atoms with Crippen molar-refractivity contribution in [3.63, 3.8) is 0 Å². The molecule has 2 heterocycles. The fraction of sp³-hybridized carbons (Fsp3) is 0.812. The van der Waals surface area contributed by atoms with Gasteiger partial charge in [-0.15, -0.1) is 11.8 Å². The molecule has 8 heteroatoms. The SMILES string of the molecule is CC(C)[C@H](S)C(=O)N[C@H]1CCC[C@H]2SC(C)(C)[C@@H](C(=O)O)N2C1=O. The van der Waals surface area contributed by atoms with Crippen LogP contribution in [0.25, 0.3) is 0 Å². The Morgan fingerprint density at radius 3 is 2.54 bits per heavy atom. The second kappa shape index (κ2) is 7.15. The van der Waals surface area contributed by atoms with E-state index >= 15 is 0 Å². The first-order valence-electron chi connectivity index (χ1n) is 8.27. The van der Waals surface area contributed by atoms with Crippen molar-refractivity contribution >= 4 is 42.2 Å². The Balaban J connectivity index is 2.22. The summed E-state index contributed by atoms with van der Waals surface area (Å²) in [5.41, 5.74) is 0. The number of rotatable bonds is 4. The number of carboxylic acid groups (broad SMARTS) is 1. The molecule has 0 bridgehead atoms. The lowest BCUT2D eigenvalue weighted by molar-refractivity contribution is -0.151. The molecule has 2 fully saturated rings. The van der Waals surface area contributed by atoms with E-state index in [-0.39, 0.29) is 23.1 Å². The van der Waals surface area contributed by atoms with Gasteiger partial charge in [-0.05, 0) is 39.0 Å². The molecule has 0 aromatic rings. The van der Waals surface area contributed by atoms with E-state index in [0.29, 0.717) is 6.42 Å². The molecule has 136 valence electrons. The van der Waals surface area contributed by atoms with Crippen molar-refractivity contribution in [2.45, 2.75) is 74.4 Å². The topological polar surface area (TPSA) is 86.7 Å². The summed E-state index contributed by atoms with van der Waals surface area (Å²) >= 11 is 5.83. The molecule has 0 aliphatic carbocycles. The highest BCUT2D eigenvalue weighted by atomic mass is 32.2. The van der Waals surface area contributed by atoms with E-state index < -0.39 is 28.0 Å². The van der Waals surface area contributed by atoms with Crippen molar-refractivity contribution in [2.75, 3.05) is 0 Å². The van der Waals surface area contributed by atoms with E-state index in [1.165, 1.54) is 16.7 Å². The van der Waals surface area contributed by atoms with Gasteiger partial charge in [0.15, 0.2) is 0 Å². The zero-order chi connectivity index (χ0) is 18.2. The lowest BCUT2D eigenvalue weighted by Crippen LogP contribution is -2.56. The molecule has 2 aliphatic rings. The van der Waals surface area contributed by atoms with Crippen molar-refractivity contribution in [2.24, 2.45) is 5.92 Å². The highest BCUT2D eigenvalue weighted by Crippen LogP contribution is 2.47. The van der Waals surface area contributed by atoms with Crippen LogP contribution < -0.4 is 5.32 Å². The maximum Gasteiger partial charge on any atom is 0.327 e. The van der Waals surface area contributed by atoms with Crippen molar-refractivity contribution in [3.8, 4) is 0 Å². The summed E-state index contributed by atoms with van der Waals surface area (Å²) in [7, 11) is 0. The molecule has 0 spiro atoms. The summed E-state index contributed by atoms with van der Waals surface area (Å²) in [6.45, 7) is 7.49. The van der Waals surface area contributed by atoms with Gasteiger partial charge in [0, 0.05) is 4.75 Å². The van der Waals surface area contributed by atoms with E-state index in [9.17, 15) is 19.5 Å². The molecule has 0 saturated carbocycles. The molecule has 6 nitrogen and oxygen atoms in total. The van der Waals surface area contributed by atoms with Crippen LogP contribution in [0.4, 0.5) is 0 Å². The summed E-state index contributed by atoms with van der Waals surface area (Å²) in [6, 6.07) is -1.55. The molecular weight excluding hydrogens is 348 g/mol. The number of aliphatic carboxylic acids is 1. The Morgan fingerprint density at radius 2 is 2.00 bits per heavy atom. The lowest BCUT2D eigenvalue weighted by atomic mass is 10.0. The van der Waals surface area contributed by atoms with Crippen LogP contribution in [0, 0.1) is 5.92 Å². The zero-order valence-electron chi connectivity index (χ0n) is 14.5. The van der Waals surface area contributed by atoms with Gasteiger partial charge < -0.3 is 15.3 Å². The van der Waals surface area contributed by atoms with Crippen LogP contribution in [0.1, 0.15) is 47.0 Å². The normalized spacial score (nSPS) is 30.7. The van der Waals surface area contributed by atoms with Gasteiger partial charge >= 0.3 is 5.97 Å². The number of amides is 2. The fourth-order valence-electron chi connectivity index (χ4n) is 3.35. The number of nitrogens with zero attached hydrogens (tertiary/aromatic N) is 1. The molecule has 0 unspecified atom stereocenters. The number of hydrogen-bond acceptors (Lipinski definition) is 5. The third-order valence-corrected chi connectivity index (χ3v) is 7.03. The van der Waals surface area contributed by atoms with Gasteiger partial charge in [0.05, 0.1) is 10.6 Å². The van der Waals surface area contributed by atoms with Crippen molar-refractivity contribution in [3.05, 3.63) is 0 Å². The van der Waals surface area contributed by atoms with Crippen LogP contribution in [0.3, 0.4) is 0 Å². The average Bonchev–Trinajstić information content (AvgIpc) is 2.66. The van der Waals surface area contributed by atoms with E-state index in [2.05, 4.69) is 17.9 Å². The summed E-state index contributed by atoms with van der Waals surface area (Å²) in [4.78, 5) is 38.5. The molecule has 0 aromatic carbocycles. The second-order valence-electron chi connectivity index (χ2n) is 7.34. The predicted molar refractivity (Wildman–Crippen MR) is 97.1 cm³/mol. The minimum Gasteiger partial charge on any atom is -0.480 e. The van der Waals surface area contributed by atoms with Gasteiger partial charge in [0.2, 0.25) is 11.8 Å². The minimum atomic E-state index is -0.996. The monoisotopic (exact) mass is 374 g/mol. The third kappa shape index (κ3) is 3.69. The maximum atomic E-state index is 13.0. The first kappa shape index (κ1) is 19.4. The smallest absolute Gasteiger partial charge is 0.327 e. The van der Waals surface area contributed by atoms with Crippen LogP contribution in [0.5, 0.6) is 0 Å². The highest BCUT2D eigenvalue weighted by molar-refractivity contribution is 8.01. The third-order valence-electron chi connectivity index (χ3n) is 4.63. The highest BCUT2D eigenvalue weighted by Gasteiger charge is 2.54. The van der Waals surface area contributed by atoms with Crippen LogP contribution >= 0.6 is 24.4 Å². The number of thiol groups is 1. The number of hydrogen-bond donors (Lipinski definition) is 3. The molecule has 2 saturated heterocycles. The Morgan fingerprint density at radius 1 is 1.38 bits per heavy atom. The largest absolute Gasteiger partial charge is 0.480 e. The first-order valence-corrected chi connectivity index (χ1v) is 9.67. The molecule has 2 rings (SSSR count). The van der Waals surface area contributed by atoms with Crippen LogP contribution in [0.15, 0.2) is 0 Å². The fourth-order valence-corrected chi connectivity index (χ4v) is 5.09. The van der Waals surface area contributed by atoms with Gasteiger partial charge in [-0.1, -0.05) is 13.8 Å². The van der Waals surface area contributed by atoms with E-state index in [1.54, 1.807) is 0 Å². The number of thioether (sulfide) groups is 1. The van der Waals surface area contributed by atoms with E-state index in [4.69, 9.17) is 0 Å². The van der Waals surface area contributed by atoms with Gasteiger partial charge in [-0.25, -0.2) is 4.79 Å². The predicted octanol–water partition coefficient (Wildman–Crippen LogP) is 1.74. The number of fused-ring (bicyclic) bond motifs is 1. The quantitative estimate of drug-likeness (QED) is 0.653. The lowest BCUT2D eigenvalue weighted by Gasteiger charge is -2.31. The van der Waals surface area contributed by atoms with Gasteiger partial charge in [0.1, 0.15) is 12.1 Å². The molecule has 2 aliphatic heterocycles. The summed E-state index contributed by atoms with van der Waals surface area (Å²) in [6.07, 6.45) is 2.04. The van der Waals surface area contributed by atoms with Crippen LogP contribution in [-0.4, -0.2) is 55.2 Å². The maximum absolute atomic E-state index is 13.0. The average molecular weight is 375 g/mol. The molecule has 2 N–H and O–H groups in total. The van der Waals surface area contributed by atoms with Gasteiger partial charge in [-0.3, -0.25) is 9.59 Å².